The Balaban J connectivity index is 2.17. The molecule has 0 bridgehead atoms. The van der Waals surface area contributed by atoms with Gasteiger partial charge in [0, 0.05) is 39.9 Å². The molecule has 1 saturated heterocycles. The lowest BCUT2D eigenvalue weighted by molar-refractivity contribution is 0.0611. The van der Waals surface area contributed by atoms with Crippen LogP contribution in [0.3, 0.4) is 0 Å². The number of sulfonamides is 1. The number of ether oxygens (including phenoxy) is 2. The number of nitrogens with zero attached hydrogens (tertiary/aromatic N) is 2. The molecule has 1 N–H and O–H groups in total. The number of carbonyl (C=O) groups is 1. The van der Waals surface area contributed by atoms with Gasteiger partial charge in [-0.05, 0) is 18.6 Å². The maximum Gasteiger partial charge on any atom is 0.269 e. The van der Waals surface area contributed by atoms with Crippen molar-refractivity contribution in [3.63, 3.8) is 0 Å². The van der Waals surface area contributed by atoms with Gasteiger partial charge in [-0.1, -0.05) is 0 Å². The van der Waals surface area contributed by atoms with E-state index >= 15 is 0 Å². The molecule has 0 spiro atoms. The predicted molar refractivity (Wildman–Crippen MR) is 89.5 cm³/mol. The van der Waals surface area contributed by atoms with Gasteiger partial charge < -0.3 is 14.8 Å². The molecule has 9 heteroatoms. The summed E-state index contributed by atoms with van der Waals surface area (Å²) in [5.41, 5.74) is 0.533. The smallest absolute Gasteiger partial charge is 0.269 e. The summed E-state index contributed by atoms with van der Waals surface area (Å²) in [7, 11) is 0.835. The third-order valence-electron chi connectivity index (χ3n) is 4.15. The molecule has 2 unspecified atom stereocenters. The Morgan fingerprint density at radius 1 is 1.58 bits per heavy atom. The molecule has 1 fully saturated rings. The second-order valence-electron chi connectivity index (χ2n) is 5.62. The highest BCUT2D eigenvalue weighted by Crippen LogP contribution is 2.23. The van der Waals surface area contributed by atoms with Gasteiger partial charge in [-0.25, -0.2) is 8.42 Å². The van der Waals surface area contributed by atoms with E-state index in [1.165, 1.54) is 33.5 Å². The Hall–Kier alpha value is -1.71. The van der Waals surface area contributed by atoms with Crippen molar-refractivity contribution in [3.05, 3.63) is 24.0 Å². The van der Waals surface area contributed by atoms with Gasteiger partial charge >= 0.3 is 0 Å². The number of pyridine rings is 1. The first-order chi connectivity index (χ1) is 11.4. The van der Waals surface area contributed by atoms with E-state index in [0.29, 0.717) is 18.9 Å². The molecule has 1 aromatic heterocycles. The zero-order valence-corrected chi connectivity index (χ0v) is 14.9. The molecule has 0 aliphatic carbocycles. The number of rotatable bonds is 7. The van der Waals surface area contributed by atoms with E-state index in [9.17, 15) is 13.2 Å². The number of aromatic nitrogens is 1. The van der Waals surface area contributed by atoms with Crippen molar-refractivity contribution in [1.82, 2.24) is 10.3 Å². The van der Waals surface area contributed by atoms with Crippen molar-refractivity contribution < 1.29 is 22.7 Å². The first-order valence-electron chi connectivity index (χ1n) is 7.64. The molecule has 134 valence electrons. The largest absolute Gasteiger partial charge is 0.381 e. The van der Waals surface area contributed by atoms with E-state index in [1.807, 2.05) is 0 Å². The maximum atomic E-state index is 12.7. The second kappa shape index (κ2) is 7.91. The minimum absolute atomic E-state index is 0.0667. The number of nitrogens with one attached hydrogen (secondary N) is 1. The molecular formula is C15H23N3O5S. The van der Waals surface area contributed by atoms with Crippen LogP contribution in [0.25, 0.3) is 0 Å². The Bertz CT molecular complexity index is 673. The molecular weight excluding hydrogens is 334 g/mol. The highest BCUT2D eigenvalue weighted by Gasteiger charge is 2.32. The number of methoxy groups -OCH3 is 1. The summed E-state index contributed by atoms with van der Waals surface area (Å²) in [5.74, 6) is -0.455. The average Bonchev–Trinajstić information content (AvgIpc) is 3.12. The zero-order valence-electron chi connectivity index (χ0n) is 14.1. The van der Waals surface area contributed by atoms with Gasteiger partial charge in [0.25, 0.3) is 5.91 Å². The van der Waals surface area contributed by atoms with E-state index in [4.69, 9.17) is 9.47 Å². The van der Waals surface area contributed by atoms with Gasteiger partial charge in [0.15, 0.2) is 0 Å². The number of anilines is 1. The van der Waals surface area contributed by atoms with Crippen LogP contribution in [0.5, 0.6) is 0 Å². The molecule has 1 aliphatic heterocycles. The van der Waals surface area contributed by atoms with Crippen molar-refractivity contribution in [2.75, 3.05) is 44.5 Å². The minimum atomic E-state index is -3.62. The van der Waals surface area contributed by atoms with Crippen LogP contribution in [-0.4, -0.2) is 65.6 Å². The summed E-state index contributed by atoms with van der Waals surface area (Å²) in [6, 6.07) is 2.99. The van der Waals surface area contributed by atoms with Crippen molar-refractivity contribution in [2.45, 2.75) is 12.5 Å². The van der Waals surface area contributed by atoms with Crippen molar-refractivity contribution in [3.8, 4) is 0 Å². The van der Waals surface area contributed by atoms with Crippen LogP contribution in [0.2, 0.25) is 0 Å². The van der Waals surface area contributed by atoms with Crippen LogP contribution in [0.1, 0.15) is 16.9 Å². The molecule has 2 rings (SSSR count). The summed E-state index contributed by atoms with van der Waals surface area (Å²) in [4.78, 5) is 15.6. The van der Waals surface area contributed by atoms with Crippen LogP contribution in [0.4, 0.5) is 5.69 Å². The van der Waals surface area contributed by atoms with Crippen molar-refractivity contribution >= 4 is 21.6 Å². The first kappa shape index (κ1) is 18.6. The van der Waals surface area contributed by atoms with Crippen molar-refractivity contribution in [2.24, 2.45) is 5.92 Å². The van der Waals surface area contributed by atoms with Gasteiger partial charge in [-0.2, -0.15) is 0 Å². The summed E-state index contributed by atoms with van der Waals surface area (Å²) < 4.78 is 37.2. The second-order valence-corrected chi connectivity index (χ2v) is 7.67. The Kier molecular flexibility index (Phi) is 6.14. The Labute approximate surface area is 142 Å². The number of hydrogen-bond acceptors (Lipinski definition) is 6. The maximum absolute atomic E-state index is 12.7. The van der Waals surface area contributed by atoms with Crippen LogP contribution in [0, 0.1) is 5.92 Å². The van der Waals surface area contributed by atoms with Crippen LogP contribution < -0.4 is 9.62 Å². The van der Waals surface area contributed by atoms with Crippen LogP contribution >= 0.6 is 0 Å². The summed E-state index contributed by atoms with van der Waals surface area (Å²) in [6.07, 6.45) is 1.76. The first-order valence-corrected chi connectivity index (χ1v) is 9.25. The molecule has 1 aromatic rings. The lowest BCUT2D eigenvalue weighted by Gasteiger charge is -2.25. The molecule has 1 aliphatic rings. The third-order valence-corrected chi connectivity index (χ3v) is 5.95. The van der Waals surface area contributed by atoms with E-state index in [1.54, 1.807) is 6.07 Å². The molecule has 0 aromatic carbocycles. The molecule has 8 nitrogen and oxygen atoms in total. The topological polar surface area (TPSA) is 97.8 Å². The predicted octanol–water partition coefficient (Wildman–Crippen LogP) is 0.259. The molecule has 24 heavy (non-hydrogen) atoms. The van der Waals surface area contributed by atoms with E-state index in [0.717, 1.165) is 10.7 Å². The SMILES string of the molecule is CNC(=O)c1cc(N(C)S(=O)(=O)CC(OC)C2CCOC2)ccn1. The summed E-state index contributed by atoms with van der Waals surface area (Å²) in [6.45, 7) is 1.13. The zero-order chi connectivity index (χ0) is 17.7. The number of hydrogen-bond donors (Lipinski definition) is 1. The average molecular weight is 357 g/mol. The standard InChI is InChI=1S/C15H23N3O5S/c1-16-15(19)13-8-12(4-6-17-13)18(2)24(20,21)10-14(22-3)11-5-7-23-9-11/h4,6,8,11,14H,5,7,9-10H2,1-3H3,(H,16,19). The number of carbonyl (C=O) groups excluding carboxylic acids is 1. The monoisotopic (exact) mass is 357 g/mol. The van der Waals surface area contributed by atoms with Gasteiger partial charge in [0.2, 0.25) is 10.0 Å². The lowest BCUT2D eigenvalue weighted by Crippen LogP contribution is -2.38. The number of amides is 1. The van der Waals surface area contributed by atoms with E-state index in [-0.39, 0.29) is 23.3 Å². The van der Waals surface area contributed by atoms with Crippen LogP contribution in [-0.2, 0) is 19.5 Å². The van der Waals surface area contributed by atoms with E-state index in [2.05, 4.69) is 10.3 Å². The quantitative estimate of drug-likeness (QED) is 0.752. The Morgan fingerprint density at radius 3 is 2.92 bits per heavy atom. The fourth-order valence-electron chi connectivity index (χ4n) is 2.59. The molecule has 0 radical (unpaired) electrons. The normalized spacial score (nSPS) is 19.0. The molecule has 1 amide bonds. The molecule has 2 heterocycles. The summed E-state index contributed by atoms with van der Waals surface area (Å²) >= 11 is 0. The van der Waals surface area contributed by atoms with Crippen LogP contribution in [0.15, 0.2) is 18.3 Å². The Morgan fingerprint density at radius 2 is 2.33 bits per heavy atom. The molecule has 2 atom stereocenters. The summed E-state index contributed by atoms with van der Waals surface area (Å²) in [5, 5.41) is 2.46. The van der Waals surface area contributed by atoms with Gasteiger partial charge in [0.1, 0.15) is 5.69 Å². The lowest BCUT2D eigenvalue weighted by atomic mass is 10.0. The fourth-order valence-corrected chi connectivity index (χ4v) is 4.07. The van der Waals surface area contributed by atoms with Gasteiger partial charge in [0.05, 0.1) is 24.2 Å². The molecule has 0 saturated carbocycles. The van der Waals surface area contributed by atoms with E-state index < -0.39 is 16.1 Å². The minimum Gasteiger partial charge on any atom is -0.381 e. The highest BCUT2D eigenvalue weighted by molar-refractivity contribution is 7.92. The van der Waals surface area contributed by atoms with Crippen molar-refractivity contribution in [1.29, 1.82) is 0 Å². The third kappa shape index (κ3) is 4.22. The fraction of sp³-hybridized carbons (Fsp3) is 0.600. The van der Waals surface area contributed by atoms with Gasteiger partial charge in [-0.15, -0.1) is 0 Å². The highest BCUT2D eigenvalue weighted by atomic mass is 32.2. The van der Waals surface area contributed by atoms with Gasteiger partial charge in [-0.3, -0.25) is 14.1 Å².